The van der Waals surface area contributed by atoms with Crippen LogP contribution in [0, 0.1) is 12.7 Å². The SMILES string of the molecule is Cc1ccnc(Cl)c1NCc1cccc(F)c1. The number of benzene rings is 1. The largest absolute Gasteiger partial charge is 0.378 e. The molecule has 0 aliphatic heterocycles. The maximum atomic E-state index is 13.0. The molecule has 0 aliphatic carbocycles. The van der Waals surface area contributed by atoms with E-state index in [0.717, 1.165) is 16.8 Å². The molecule has 0 atom stereocenters. The molecule has 0 spiro atoms. The first-order valence-electron chi connectivity index (χ1n) is 5.26. The molecule has 17 heavy (non-hydrogen) atoms. The van der Waals surface area contributed by atoms with Crippen LogP contribution in [0.25, 0.3) is 0 Å². The fraction of sp³-hybridized carbons (Fsp3) is 0.154. The van der Waals surface area contributed by atoms with Crippen molar-refractivity contribution in [3.8, 4) is 0 Å². The van der Waals surface area contributed by atoms with Crippen LogP contribution in [0.2, 0.25) is 5.15 Å². The number of hydrogen-bond acceptors (Lipinski definition) is 2. The van der Waals surface area contributed by atoms with Gasteiger partial charge in [-0.3, -0.25) is 0 Å². The van der Waals surface area contributed by atoms with Crippen molar-refractivity contribution in [2.24, 2.45) is 0 Å². The van der Waals surface area contributed by atoms with Crippen LogP contribution in [0.15, 0.2) is 36.5 Å². The molecule has 2 aromatic rings. The first kappa shape index (κ1) is 11.9. The first-order chi connectivity index (χ1) is 8.16. The molecule has 0 saturated carbocycles. The van der Waals surface area contributed by atoms with Crippen LogP contribution in [0.4, 0.5) is 10.1 Å². The van der Waals surface area contributed by atoms with E-state index in [0.29, 0.717) is 11.7 Å². The van der Waals surface area contributed by atoms with Gasteiger partial charge in [-0.05, 0) is 36.2 Å². The Bertz CT molecular complexity index is 508. The summed E-state index contributed by atoms with van der Waals surface area (Å²) in [5.74, 6) is -0.238. The van der Waals surface area contributed by atoms with Gasteiger partial charge in [0.2, 0.25) is 0 Å². The molecular weight excluding hydrogens is 239 g/mol. The number of anilines is 1. The predicted molar refractivity (Wildman–Crippen MR) is 67.7 cm³/mol. The lowest BCUT2D eigenvalue weighted by atomic mass is 10.2. The molecule has 2 rings (SSSR count). The van der Waals surface area contributed by atoms with Crippen LogP contribution in [-0.2, 0) is 6.54 Å². The zero-order valence-corrected chi connectivity index (χ0v) is 10.1. The summed E-state index contributed by atoms with van der Waals surface area (Å²) < 4.78 is 13.0. The van der Waals surface area contributed by atoms with Crippen molar-refractivity contribution in [3.63, 3.8) is 0 Å². The maximum absolute atomic E-state index is 13.0. The Kier molecular flexibility index (Phi) is 3.59. The Morgan fingerprint density at radius 1 is 1.35 bits per heavy atom. The molecule has 0 amide bonds. The van der Waals surface area contributed by atoms with Gasteiger partial charge in [0, 0.05) is 12.7 Å². The van der Waals surface area contributed by atoms with Crippen molar-refractivity contribution in [1.29, 1.82) is 0 Å². The number of aryl methyl sites for hydroxylation is 1. The van der Waals surface area contributed by atoms with Crippen LogP contribution >= 0.6 is 11.6 Å². The van der Waals surface area contributed by atoms with E-state index in [1.807, 2.05) is 19.1 Å². The quantitative estimate of drug-likeness (QED) is 0.839. The second kappa shape index (κ2) is 5.15. The van der Waals surface area contributed by atoms with Crippen molar-refractivity contribution >= 4 is 17.3 Å². The van der Waals surface area contributed by atoms with Crippen LogP contribution < -0.4 is 5.32 Å². The highest BCUT2D eigenvalue weighted by molar-refractivity contribution is 6.32. The minimum atomic E-state index is -0.238. The number of pyridine rings is 1. The zero-order chi connectivity index (χ0) is 12.3. The third-order valence-corrected chi connectivity index (χ3v) is 2.76. The van der Waals surface area contributed by atoms with E-state index in [1.54, 1.807) is 12.3 Å². The third-order valence-electron chi connectivity index (χ3n) is 2.47. The van der Waals surface area contributed by atoms with Gasteiger partial charge < -0.3 is 5.32 Å². The average molecular weight is 251 g/mol. The number of halogens is 2. The third kappa shape index (κ3) is 2.94. The van der Waals surface area contributed by atoms with Gasteiger partial charge >= 0.3 is 0 Å². The van der Waals surface area contributed by atoms with Crippen molar-refractivity contribution in [2.45, 2.75) is 13.5 Å². The standard InChI is InChI=1S/C13H12ClFN2/c1-9-5-6-16-13(14)12(9)17-8-10-3-2-4-11(15)7-10/h2-7,17H,8H2,1H3. The van der Waals surface area contributed by atoms with Gasteiger partial charge in [-0.25, -0.2) is 9.37 Å². The van der Waals surface area contributed by atoms with E-state index in [-0.39, 0.29) is 5.82 Å². The van der Waals surface area contributed by atoms with E-state index >= 15 is 0 Å². The second-order valence-corrected chi connectivity index (χ2v) is 4.14. The van der Waals surface area contributed by atoms with Gasteiger partial charge in [-0.15, -0.1) is 0 Å². The molecule has 1 heterocycles. The first-order valence-corrected chi connectivity index (χ1v) is 5.64. The average Bonchev–Trinajstić information content (AvgIpc) is 2.28. The van der Waals surface area contributed by atoms with Gasteiger partial charge in [-0.1, -0.05) is 23.7 Å². The second-order valence-electron chi connectivity index (χ2n) is 3.78. The van der Waals surface area contributed by atoms with E-state index in [2.05, 4.69) is 10.3 Å². The fourth-order valence-corrected chi connectivity index (χ4v) is 1.85. The topological polar surface area (TPSA) is 24.9 Å². The summed E-state index contributed by atoms with van der Waals surface area (Å²) in [6, 6.07) is 8.33. The van der Waals surface area contributed by atoms with Crippen molar-refractivity contribution in [1.82, 2.24) is 4.98 Å². The Labute approximate surface area is 104 Å². The molecule has 1 aromatic heterocycles. The van der Waals surface area contributed by atoms with Crippen molar-refractivity contribution in [2.75, 3.05) is 5.32 Å². The number of aromatic nitrogens is 1. The Morgan fingerprint density at radius 2 is 2.18 bits per heavy atom. The van der Waals surface area contributed by atoms with Gasteiger partial charge in [0.25, 0.3) is 0 Å². The van der Waals surface area contributed by atoms with E-state index in [1.165, 1.54) is 12.1 Å². The van der Waals surface area contributed by atoms with E-state index < -0.39 is 0 Å². The fourth-order valence-electron chi connectivity index (χ4n) is 1.57. The number of rotatable bonds is 3. The maximum Gasteiger partial charge on any atom is 0.152 e. The van der Waals surface area contributed by atoms with Crippen LogP contribution in [0.1, 0.15) is 11.1 Å². The summed E-state index contributed by atoms with van der Waals surface area (Å²) in [7, 11) is 0. The summed E-state index contributed by atoms with van der Waals surface area (Å²) in [6.07, 6.45) is 1.66. The summed E-state index contributed by atoms with van der Waals surface area (Å²) in [5, 5.41) is 3.60. The highest BCUT2D eigenvalue weighted by atomic mass is 35.5. The number of nitrogens with zero attached hydrogens (tertiary/aromatic N) is 1. The molecule has 1 aromatic carbocycles. The van der Waals surface area contributed by atoms with Gasteiger partial charge in [0.15, 0.2) is 5.15 Å². The summed E-state index contributed by atoms with van der Waals surface area (Å²) in [5.41, 5.74) is 2.67. The van der Waals surface area contributed by atoms with Gasteiger partial charge in [-0.2, -0.15) is 0 Å². The molecule has 4 heteroatoms. The predicted octanol–water partition coefficient (Wildman–Crippen LogP) is 3.79. The zero-order valence-electron chi connectivity index (χ0n) is 9.37. The van der Waals surface area contributed by atoms with E-state index in [4.69, 9.17) is 11.6 Å². The lowest BCUT2D eigenvalue weighted by Crippen LogP contribution is -2.02. The monoisotopic (exact) mass is 250 g/mol. The summed E-state index contributed by atoms with van der Waals surface area (Å²) in [6.45, 7) is 2.46. The highest BCUT2D eigenvalue weighted by Crippen LogP contribution is 2.23. The highest BCUT2D eigenvalue weighted by Gasteiger charge is 2.04. The number of nitrogens with one attached hydrogen (secondary N) is 1. The molecule has 0 unspecified atom stereocenters. The molecule has 0 bridgehead atoms. The molecule has 2 nitrogen and oxygen atoms in total. The summed E-state index contributed by atoms with van der Waals surface area (Å²) in [4.78, 5) is 4.00. The van der Waals surface area contributed by atoms with Crippen molar-refractivity contribution in [3.05, 3.63) is 58.6 Å². The summed E-state index contributed by atoms with van der Waals surface area (Å²) >= 11 is 5.98. The smallest absolute Gasteiger partial charge is 0.152 e. The Balaban J connectivity index is 2.13. The molecule has 0 fully saturated rings. The van der Waals surface area contributed by atoms with Crippen LogP contribution in [0.3, 0.4) is 0 Å². The molecule has 0 aliphatic rings. The van der Waals surface area contributed by atoms with Gasteiger partial charge in [0.1, 0.15) is 5.82 Å². The Morgan fingerprint density at radius 3 is 2.88 bits per heavy atom. The molecule has 0 radical (unpaired) electrons. The lowest BCUT2D eigenvalue weighted by Gasteiger charge is -2.10. The normalized spacial score (nSPS) is 10.3. The minimum absolute atomic E-state index is 0.238. The lowest BCUT2D eigenvalue weighted by molar-refractivity contribution is 0.626. The number of hydrogen-bond donors (Lipinski definition) is 1. The van der Waals surface area contributed by atoms with Crippen molar-refractivity contribution < 1.29 is 4.39 Å². The molecule has 88 valence electrons. The minimum Gasteiger partial charge on any atom is -0.378 e. The van der Waals surface area contributed by atoms with Gasteiger partial charge in [0.05, 0.1) is 5.69 Å². The Hall–Kier alpha value is -1.61. The molecule has 1 N–H and O–H groups in total. The molecule has 0 saturated heterocycles. The molecular formula is C13H12ClFN2. The van der Waals surface area contributed by atoms with Crippen LogP contribution in [0.5, 0.6) is 0 Å². The van der Waals surface area contributed by atoms with E-state index in [9.17, 15) is 4.39 Å². The van der Waals surface area contributed by atoms with Crippen LogP contribution in [-0.4, -0.2) is 4.98 Å².